The summed E-state index contributed by atoms with van der Waals surface area (Å²) in [5.74, 6) is -0.240. The molecule has 1 aromatic carbocycles. The van der Waals surface area contributed by atoms with E-state index in [-0.39, 0.29) is 12.1 Å². The van der Waals surface area contributed by atoms with Crippen molar-refractivity contribution in [3.63, 3.8) is 0 Å². The average molecular weight is 178 g/mol. The molecule has 0 fully saturated rings. The number of benzene rings is 1. The molecule has 0 radical (unpaired) electrons. The highest BCUT2D eigenvalue weighted by atomic mass is 16.5. The van der Waals surface area contributed by atoms with Crippen LogP contribution in [0.2, 0.25) is 0 Å². The Bertz CT molecular complexity index is 305. The summed E-state index contributed by atoms with van der Waals surface area (Å²) in [5.41, 5.74) is 2.22. The van der Waals surface area contributed by atoms with Crippen LogP contribution in [0.1, 0.15) is 31.1 Å². The second-order valence-corrected chi connectivity index (χ2v) is 3.11. The molecule has 0 aliphatic carbocycles. The standard InChI is InChI=1S/C11H14O2/c1-8-6-4-5-7-11(8)9(2)13-10(3)12/h4-7,9H,1-3H3/t9-/m1/s1. The second kappa shape index (κ2) is 4.08. The van der Waals surface area contributed by atoms with Crippen LogP contribution in [0.3, 0.4) is 0 Å². The maximum atomic E-state index is 10.7. The van der Waals surface area contributed by atoms with Crippen LogP contribution in [-0.2, 0) is 9.53 Å². The largest absolute Gasteiger partial charge is 0.458 e. The molecule has 70 valence electrons. The molecule has 0 saturated carbocycles. The number of hydrogen-bond donors (Lipinski definition) is 0. The first-order valence-electron chi connectivity index (χ1n) is 4.34. The molecule has 0 spiro atoms. The highest BCUT2D eigenvalue weighted by molar-refractivity contribution is 5.66. The van der Waals surface area contributed by atoms with E-state index in [1.54, 1.807) is 0 Å². The van der Waals surface area contributed by atoms with Crippen molar-refractivity contribution >= 4 is 5.97 Å². The smallest absolute Gasteiger partial charge is 0.303 e. The Hall–Kier alpha value is -1.31. The van der Waals surface area contributed by atoms with E-state index in [0.717, 1.165) is 11.1 Å². The summed E-state index contributed by atoms with van der Waals surface area (Å²) in [5, 5.41) is 0. The van der Waals surface area contributed by atoms with Gasteiger partial charge in [-0.2, -0.15) is 0 Å². The van der Waals surface area contributed by atoms with Gasteiger partial charge >= 0.3 is 5.97 Å². The monoisotopic (exact) mass is 178 g/mol. The van der Waals surface area contributed by atoms with Gasteiger partial charge in [0.2, 0.25) is 0 Å². The summed E-state index contributed by atoms with van der Waals surface area (Å²) in [6, 6.07) is 7.90. The van der Waals surface area contributed by atoms with Gasteiger partial charge in [-0.15, -0.1) is 0 Å². The molecule has 1 atom stereocenters. The molecule has 1 rings (SSSR count). The minimum atomic E-state index is -0.240. The van der Waals surface area contributed by atoms with E-state index in [4.69, 9.17) is 4.74 Å². The minimum absolute atomic E-state index is 0.154. The second-order valence-electron chi connectivity index (χ2n) is 3.11. The third kappa shape index (κ3) is 2.58. The quantitative estimate of drug-likeness (QED) is 0.651. The summed E-state index contributed by atoms with van der Waals surface area (Å²) < 4.78 is 5.08. The zero-order valence-electron chi connectivity index (χ0n) is 8.20. The van der Waals surface area contributed by atoms with Crippen LogP contribution >= 0.6 is 0 Å². The van der Waals surface area contributed by atoms with E-state index in [0.29, 0.717) is 0 Å². The van der Waals surface area contributed by atoms with E-state index in [9.17, 15) is 4.79 Å². The van der Waals surface area contributed by atoms with Crippen molar-refractivity contribution in [3.8, 4) is 0 Å². The highest BCUT2D eigenvalue weighted by Gasteiger charge is 2.09. The fraction of sp³-hybridized carbons (Fsp3) is 0.364. The van der Waals surface area contributed by atoms with Gasteiger partial charge in [0, 0.05) is 6.92 Å². The Kier molecular flexibility index (Phi) is 3.07. The van der Waals surface area contributed by atoms with Crippen LogP contribution in [-0.4, -0.2) is 5.97 Å². The molecule has 0 heterocycles. The molecule has 0 saturated heterocycles. The fourth-order valence-corrected chi connectivity index (χ4v) is 1.36. The summed E-state index contributed by atoms with van der Waals surface area (Å²) in [6.45, 7) is 5.31. The summed E-state index contributed by atoms with van der Waals surface area (Å²) in [4.78, 5) is 10.7. The lowest BCUT2D eigenvalue weighted by atomic mass is 10.0. The molecule has 2 heteroatoms. The lowest BCUT2D eigenvalue weighted by Crippen LogP contribution is -2.05. The van der Waals surface area contributed by atoms with Crippen molar-refractivity contribution in [1.82, 2.24) is 0 Å². The third-order valence-corrected chi connectivity index (χ3v) is 1.97. The van der Waals surface area contributed by atoms with E-state index in [1.165, 1.54) is 6.92 Å². The molecule has 0 amide bonds. The zero-order valence-corrected chi connectivity index (χ0v) is 8.20. The van der Waals surface area contributed by atoms with Gasteiger partial charge in [-0.1, -0.05) is 24.3 Å². The van der Waals surface area contributed by atoms with Gasteiger partial charge in [-0.05, 0) is 25.0 Å². The SMILES string of the molecule is CC(=O)O[C@H](C)c1ccccc1C. The molecule has 13 heavy (non-hydrogen) atoms. The van der Waals surface area contributed by atoms with Crippen molar-refractivity contribution in [3.05, 3.63) is 35.4 Å². The number of esters is 1. The Labute approximate surface area is 78.5 Å². The molecule has 0 bridgehead atoms. The van der Waals surface area contributed by atoms with Crippen LogP contribution in [0, 0.1) is 6.92 Å². The number of hydrogen-bond acceptors (Lipinski definition) is 2. The number of rotatable bonds is 2. The third-order valence-electron chi connectivity index (χ3n) is 1.97. The van der Waals surface area contributed by atoms with Gasteiger partial charge in [0.05, 0.1) is 0 Å². The average Bonchev–Trinajstić information content (AvgIpc) is 2.03. The number of carbonyl (C=O) groups excluding carboxylic acids is 1. The van der Waals surface area contributed by atoms with Crippen molar-refractivity contribution in [1.29, 1.82) is 0 Å². The molecular formula is C11H14O2. The number of aryl methyl sites for hydroxylation is 1. The molecular weight excluding hydrogens is 164 g/mol. The van der Waals surface area contributed by atoms with Crippen LogP contribution < -0.4 is 0 Å². The Balaban J connectivity index is 2.82. The number of carbonyl (C=O) groups is 1. The van der Waals surface area contributed by atoms with Crippen molar-refractivity contribution in [2.45, 2.75) is 26.9 Å². The van der Waals surface area contributed by atoms with Gasteiger partial charge in [0.25, 0.3) is 0 Å². The summed E-state index contributed by atoms with van der Waals surface area (Å²) in [7, 11) is 0. The van der Waals surface area contributed by atoms with E-state index in [1.807, 2.05) is 38.1 Å². The van der Waals surface area contributed by atoms with E-state index in [2.05, 4.69) is 0 Å². The fourth-order valence-electron chi connectivity index (χ4n) is 1.36. The first-order chi connectivity index (χ1) is 6.11. The predicted molar refractivity (Wildman–Crippen MR) is 51.4 cm³/mol. The zero-order chi connectivity index (χ0) is 9.84. The van der Waals surface area contributed by atoms with Gasteiger partial charge < -0.3 is 4.74 Å². The molecule has 2 nitrogen and oxygen atoms in total. The lowest BCUT2D eigenvalue weighted by Gasteiger charge is -2.14. The van der Waals surface area contributed by atoms with E-state index < -0.39 is 0 Å². The van der Waals surface area contributed by atoms with Gasteiger partial charge in [0.1, 0.15) is 6.10 Å². The Morgan fingerprint density at radius 1 is 1.38 bits per heavy atom. The molecule has 0 aliphatic heterocycles. The van der Waals surface area contributed by atoms with Gasteiger partial charge in [0.15, 0.2) is 0 Å². The normalized spacial score (nSPS) is 12.2. The highest BCUT2D eigenvalue weighted by Crippen LogP contribution is 2.19. The topological polar surface area (TPSA) is 26.3 Å². The first kappa shape index (κ1) is 9.78. The van der Waals surface area contributed by atoms with Crippen molar-refractivity contribution in [2.75, 3.05) is 0 Å². The van der Waals surface area contributed by atoms with Crippen LogP contribution in [0.15, 0.2) is 24.3 Å². The van der Waals surface area contributed by atoms with Crippen LogP contribution in [0.4, 0.5) is 0 Å². The summed E-state index contributed by atoms with van der Waals surface area (Å²) >= 11 is 0. The summed E-state index contributed by atoms with van der Waals surface area (Å²) in [6.07, 6.45) is -0.154. The van der Waals surface area contributed by atoms with Crippen molar-refractivity contribution in [2.24, 2.45) is 0 Å². The van der Waals surface area contributed by atoms with Gasteiger partial charge in [-0.25, -0.2) is 0 Å². The molecule has 0 aromatic heterocycles. The van der Waals surface area contributed by atoms with Crippen LogP contribution in [0.5, 0.6) is 0 Å². The van der Waals surface area contributed by atoms with Crippen molar-refractivity contribution < 1.29 is 9.53 Å². The lowest BCUT2D eigenvalue weighted by molar-refractivity contribution is -0.145. The molecule has 0 N–H and O–H groups in total. The minimum Gasteiger partial charge on any atom is -0.458 e. The van der Waals surface area contributed by atoms with Gasteiger partial charge in [-0.3, -0.25) is 4.79 Å². The molecule has 0 unspecified atom stereocenters. The predicted octanol–water partition coefficient (Wildman–Crippen LogP) is 2.62. The first-order valence-corrected chi connectivity index (χ1v) is 4.34. The molecule has 1 aromatic rings. The Morgan fingerprint density at radius 3 is 2.54 bits per heavy atom. The molecule has 0 aliphatic rings. The van der Waals surface area contributed by atoms with Crippen LogP contribution in [0.25, 0.3) is 0 Å². The maximum Gasteiger partial charge on any atom is 0.303 e. The Morgan fingerprint density at radius 2 is 2.00 bits per heavy atom. The maximum absolute atomic E-state index is 10.7. The number of ether oxygens (including phenoxy) is 1. The van der Waals surface area contributed by atoms with E-state index >= 15 is 0 Å².